The van der Waals surface area contributed by atoms with Crippen LogP contribution in [0.15, 0.2) is 39.2 Å². The zero-order valence-electron chi connectivity index (χ0n) is 10.7. The van der Waals surface area contributed by atoms with Crippen LogP contribution >= 0.6 is 15.9 Å². The third kappa shape index (κ3) is 3.43. The van der Waals surface area contributed by atoms with Crippen molar-refractivity contribution in [1.82, 2.24) is 0 Å². The highest BCUT2D eigenvalue weighted by molar-refractivity contribution is 9.10. The molecule has 20 heavy (non-hydrogen) atoms. The average molecular weight is 348 g/mol. The molecule has 1 unspecified atom stereocenters. The molecule has 1 aromatic heterocycles. The number of rotatable bonds is 3. The predicted molar refractivity (Wildman–Crippen MR) is 74.2 cm³/mol. The van der Waals surface area contributed by atoms with Gasteiger partial charge in [-0.15, -0.1) is 0 Å². The summed E-state index contributed by atoms with van der Waals surface area (Å²) in [6.07, 6.45) is -3.95. The second-order valence-electron chi connectivity index (χ2n) is 4.64. The first-order chi connectivity index (χ1) is 9.27. The first-order valence-corrected chi connectivity index (χ1v) is 6.78. The van der Waals surface area contributed by atoms with Gasteiger partial charge in [0.15, 0.2) is 0 Å². The van der Waals surface area contributed by atoms with Crippen LogP contribution in [-0.4, -0.2) is 6.04 Å². The quantitative estimate of drug-likeness (QED) is 0.879. The highest BCUT2D eigenvalue weighted by atomic mass is 79.9. The molecule has 0 aliphatic rings. The molecule has 0 saturated carbocycles. The minimum Gasteiger partial charge on any atom is -0.461 e. The molecule has 1 atom stereocenters. The summed E-state index contributed by atoms with van der Waals surface area (Å²) in [6.45, 7) is 1.81. The molecule has 0 fully saturated rings. The van der Waals surface area contributed by atoms with Crippen LogP contribution in [0, 0.1) is 0 Å². The van der Waals surface area contributed by atoms with Gasteiger partial charge in [-0.05, 0) is 37.3 Å². The summed E-state index contributed by atoms with van der Waals surface area (Å²) >= 11 is 3.05. The standard InChI is InChI=1S/C14H13BrF3NO/c1-8(19)6-10-3-5-13(20-10)11-4-2-9(15)7-12(11)14(16,17)18/h2-5,7-8H,6,19H2,1H3. The normalized spacial score (nSPS) is 13.5. The van der Waals surface area contributed by atoms with Crippen LogP contribution in [0.1, 0.15) is 18.2 Å². The fraction of sp³-hybridized carbons (Fsp3) is 0.286. The van der Waals surface area contributed by atoms with Crippen molar-refractivity contribution >= 4 is 15.9 Å². The summed E-state index contributed by atoms with van der Waals surface area (Å²) in [5, 5.41) is 0. The van der Waals surface area contributed by atoms with Gasteiger partial charge in [-0.3, -0.25) is 0 Å². The molecule has 2 nitrogen and oxygen atoms in total. The molecule has 1 heterocycles. The van der Waals surface area contributed by atoms with Gasteiger partial charge in [0.05, 0.1) is 5.56 Å². The average Bonchev–Trinajstić information content (AvgIpc) is 2.75. The van der Waals surface area contributed by atoms with Crippen molar-refractivity contribution in [2.75, 3.05) is 0 Å². The maximum Gasteiger partial charge on any atom is 0.417 e. The monoisotopic (exact) mass is 347 g/mol. The van der Waals surface area contributed by atoms with Gasteiger partial charge < -0.3 is 10.2 Å². The number of hydrogen-bond acceptors (Lipinski definition) is 2. The lowest BCUT2D eigenvalue weighted by Crippen LogP contribution is -2.17. The van der Waals surface area contributed by atoms with Crippen molar-refractivity contribution < 1.29 is 17.6 Å². The summed E-state index contributed by atoms with van der Waals surface area (Å²) in [5.41, 5.74) is 4.94. The van der Waals surface area contributed by atoms with Crippen molar-refractivity contribution in [1.29, 1.82) is 0 Å². The number of nitrogens with two attached hydrogens (primary N) is 1. The zero-order chi connectivity index (χ0) is 14.9. The van der Waals surface area contributed by atoms with Crippen LogP contribution in [0.25, 0.3) is 11.3 Å². The smallest absolute Gasteiger partial charge is 0.417 e. The van der Waals surface area contributed by atoms with Crippen LogP contribution in [-0.2, 0) is 12.6 Å². The van der Waals surface area contributed by atoms with E-state index in [4.69, 9.17) is 10.2 Å². The molecular formula is C14H13BrF3NO. The van der Waals surface area contributed by atoms with Crippen LogP contribution in [0.5, 0.6) is 0 Å². The van der Waals surface area contributed by atoms with Gasteiger partial charge in [-0.2, -0.15) is 13.2 Å². The maximum absolute atomic E-state index is 13.0. The Morgan fingerprint density at radius 2 is 1.95 bits per heavy atom. The van der Waals surface area contributed by atoms with Gasteiger partial charge >= 0.3 is 6.18 Å². The Morgan fingerprint density at radius 3 is 2.55 bits per heavy atom. The van der Waals surface area contributed by atoms with Crippen molar-refractivity contribution in [3.63, 3.8) is 0 Å². The van der Waals surface area contributed by atoms with Crippen LogP contribution < -0.4 is 5.73 Å². The van der Waals surface area contributed by atoms with E-state index in [1.807, 2.05) is 6.92 Å². The van der Waals surface area contributed by atoms with E-state index < -0.39 is 11.7 Å². The van der Waals surface area contributed by atoms with Gasteiger partial charge in [-0.25, -0.2) is 0 Å². The van der Waals surface area contributed by atoms with E-state index in [-0.39, 0.29) is 17.4 Å². The molecule has 6 heteroatoms. The molecule has 0 bridgehead atoms. The highest BCUT2D eigenvalue weighted by Gasteiger charge is 2.34. The largest absolute Gasteiger partial charge is 0.461 e. The minimum absolute atomic E-state index is 0.0247. The van der Waals surface area contributed by atoms with E-state index >= 15 is 0 Å². The molecule has 2 rings (SSSR count). The number of benzene rings is 1. The topological polar surface area (TPSA) is 39.2 Å². The number of alkyl halides is 3. The number of hydrogen-bond donors (Lipinski definition) is 1. The van der Waals surface area contributed by atoms with Gasteiger partial charge in [0.1, 0.15) is 11.5 Å². The van der Waals surface area contributed by atoms with Crippen molar-refractivity contribution in [3.05, 3.63) is 46.1 Å². The Labute approximate surface area is 122 Å². The molecule has 0 aliphatic heterocycles. The lowest BCUT2D eigenvalue weighted by Gasteiger charge is -2.11. The van der Waals surface area contributed by atoms with E-state index in [9.17, 15) is 13.2 Å². The zero-order valence-corrected chi connectivity index (χ0v) is 12.3. The van der Waals surface area contributed by atoms with E-state index in [2.05, 4.69) is 15.9 Å². The van der Waals surface area contributed by atoms with E-state index in [0.29, 0.717) is 16.7 Å². The van der Waals surface area contributed by atoms with Crippen LogP contribution in [0.2, 0.25) is 0 Å². The second-order valence-corrected chi connectivity index (χ2v) is 5.55. The molecule has 0 aliphatic carbocycles. The van der Waals surface area contributed by atoms with Crippen LogP contribution in [0.3, 0.4) is 0 Å². The fourth-order valence-corrected chi connectivity index (χ4v) is 2.28. The third-order valence-electron chi connectivity index (χ3n) is 2.74. The fourth-order valence-electron chi connectivity index (χ4n) is 1.92. The van der Waals surface area contributed by atoms with Crippen LogP contribution in [0.4, 0.5) is 13.2 Å². The first-order valence-electron chi connectivity index (χ1n) is 5.99. The number of furan rings is 1. The maximum atomic E-state index is 13.0. The predicted octanol–water partition coefficient (Wildman–Crippen LogP) is 4.62. The van der Waals surface area contributed by atoms with Gasteiger partial charge in [0.2, 0.25) is 0 Å². The van der Waals surface area contributed by atoms with Crippen molar-refractivity contribution in [2.45, 2.75) is 25.6 Å². The van der Waals surface area contributed by atoms with Gasteiger partial charge in [0.25, 0.3) is 0 Å². The summed E-state index contributed by atoms with van der Waals surface area (Å²) in [4.78, 5) is 0. The Kier molecular flexibility index (Phi) is 4.25. The summed E-state index contributed by atoms with van der Waals surface area (Å²) in [7, 11) is 0. The second kappa shape index (κ2) is 5.61. The Balaban J connectivity index is 2.45. The minimum atomic E-state index is -4.44. The highest BCUT2D eigenvalue weighted by Crippen LogP contribution is 2.39. The molecular weight excluding hydrogens is 335 g/mol. The summed E-state index contributed by atoms with van der Waals surface area (Å²) in [5.74, 6) is 0.770. The molecule has 2 N–H and O–H groups in total. The molecule has 0 radical (unpaired) electrons. The van der Waals surface area contributed by atoms with E-state index in [1.54, 1.807) is 12.1 Å². The van der Waals surface area contributed by atoms with Crippen molar-refractivity contribution in [3.8, 4) is 11.3 Å². The number of halogens is 4. The molecule has 1 aromatic carbocycles. The summed E-state index contributed by atoms with van der Waals surface area (Å²) in [6, 6.07) is 7.07. The molecule has 108 valence electrons. The van der Waals surface area contributed by atoms with E-state index in [0.717, 1.165) is 6.07 Å². The van der Waals surface area contributed by atoms with Crippen molar-refractivity contribution in [2.24, 2.45) is 5.73 Å². The van der Waals surface area contributed by atoms with E-state index in [1.165, 1.54) is 12.1 Å². The van der Waals surface area contributed by atoms with Gasteiger partial charge in [0, 0.05) is 22.5 Å². The lowest BCUT2D eigenvalue weighted by molar-refractivity contribution is -0.137. The first kappa shape index (κ1) is 15.1. The lowest BCUT2D eigenvalue weighted by atomic mass is 10.1. The SMILES string of the molecule is CC(N)Cc1ccc(-c2ccc(Br)cc2C(F)(F)F)o1. The molecule has 0 amide bonds. The Hall–Kier alpha value is -1.27. The third-order valence-corrected chi connectivity index (χ3v) is 3.23. The Bertz CT molecular complexity index is 605. The molecule has 2 aromatic rings. The Morgan fingerprint density at radius 1 is 1.25 bits per heavy atom. The van der Waals surface area contributed by atoms with Gasteiger partial charge in [-0.1, -0.05) is 15.9 Å². The molecule has 0 spiro atoms. The molecule has 0 saturated heterocycles. The summed E-state index contributed by atoms with van der Waals surface area (Å²) < 4.78 is 45.0.